The van der Waals surface area contributed by atoms with Crippen molar-refractivity contribution in [2.45, 2.75) is 38.4 Å². The Bertz CT molecular complexity index is 1270. The van der Waals surface area contributed by atoms with Crippen LogP contribution in [0.2, 0.25) is 0 Å². The van der Waals surface area contributed by atoms with Gasteiger partial charge in [-0.2, -0.15) is 0 Å². The minimum Gasteiger partial charge on any atom is -0.362 e. The van der Waals surface area contributed by atoms with Gasteiger partial charge in [0, 0.05) is 11.1 Å². The second-order valence-corrected chi connectivity index (χ2v) is 8.57. The van der Waals surface area contributed by atoms with E-state index in [9.17, 15) is 10.2 Å². The van der Waals surface area contributed by atoms with Gasteiger partial charge in [-0.05, 0) is 59.0 Å². The third-order valence-corrected chi connectivity index (χ3v) is 6.23. The van der Waals surface area contributed by atoms with Crippen LogP contribution in [0.25, 0.3) is 21.5 Å². The average Bonchev–Trinajstić information content (AvgIpc) is 2.76. The molecular weight excluding hydrogens is 388 g/mol. The molecule has 8 bridgehead atoms. The molecule has 0 aromatic heterocycles. The van der Waals surface area contributed by atoms with Gasteiger partial charge < -0.3 is 19.7 Å². The predicted molar refractivity (Wildman–Crippen MR) is 121 cm³/mol. The van der Waals surface area contributed by atoms with Gasteiger partial charge in [0.25, 0.3) is 0 Å². The van der Waals surface area contributed by atoms with Crippen molar-refractivity contribution < 1.29 is 19.7 Å². The molecule has 0 saturated heterocycles. The second-order valence-electron chi connectivity index (χ2n) is 8.57. The molecule has 2 unspecified atom stereocenters. The van der Waals surface area contributed by atoms with Crippen LogP contribution in [0.15, 0.2) is 72.8 Å². The van der Waals surface area contributed by atoms with Gasteiger partial charge >= 0.3 is 0 Å². The van der Waals surface area contributed by atoms with Crippen LogP contribution in [0, 0.1) is 0 Å². The van der Waals surface area contributed by atoms with Gasteiger partial charge in [-0.25, -0.2) is 0 Å². The van der Waals surface area contributed by atoms with E-state index in [-0.39, 0.29) is 6.61 Å². The summed E-state index contributed by atoms with van der Waals surface area (Å²) in [6.45, 7) is 4.02. The molecule has 0 amide bonds. The number of benzene rings is 4. The Morgan fingerprint density at radius 3 is 2.32 bits per heavy atom. The fourth-order valence-corrected chi connectivity index (χ4v) is 4.41. The summed E-state index contributed by atoms with van der Waals surface area (Å²) in [5.41, 5.74) is 3.52. The Kier molecular flexibility index (Phi) is 4.83. The van der Waals surface area contributed by atoms with Gasteiger partial charge in [0.1, 0.15) is 0 Å². The van der Waals surface area contributed by atoms with Gasteiger partial charge in [0.15, 0.2) is 11.6 Å². The quantitative estimate of drug-likeness (QED) is 0.420. The number of hydrogen-bond acceptors (Lipinski definition) is 4. The standard InChI is InChI=1S/C27H26O4/c1-26(28)22-10-12-24-20(16-22)6-4-8-25(24)27(2,29)31-17-21-7-3-5-19-15-18(13-14-30-26)9-11-23(19)21/h3-12,15-16,28-29H,13-14,17H2,1-2H3. The van der Waals surface area contributed by atoms with Gasteiger partial charge in [-0.15, -0.1) is 0 Å². The number of ether oxygens (including phenoxy) is 2. The molecule has 4 heterocycles. The lowest BCUT2D eigenvalue weighted by Crippen LogP contribution is -2.27. The van der Waals surface area contributed by atoms with Crippen LogP contribution in [0.1, 0.15) is 36.1 Å². The molecule has 2 atom stereocenters. The maximum atomic E-state index is 11.3. The lowest BCUT2D eigenvalue weighted by Gasteiger charge is -2.27. The zero-order chi connectivity index (χ0) is 21.6. The van der Waals surface area contributed by atoms with Gasteiger partial charge in [0.2, 0.25) is 0 Å². The summed E-state index contributed by atoms with van der Waals surface area (Å²) in [5, 5.41) is 26.2. The minimum atomic E-state index is -1.48. The summed E-state index contributed by atoms with van der Waals surface area (Å²) in [7, 11) is 0. The van der Waals surface area contributed by atoms with Crippen LogP contribution >= 0.6 is 0 Å². The first-order valence-corrected chi connectivity index (χ1v) is 10.6. The van der Waals surface area contributed by atoms with E-state index < -0.39 is 11.6 Å². The van der Waals surface area contributed by atoms with Crippen molar-refractivity contribution in [3.05, 3.63) is 95.1 Å². The Hall–Kier alpha value is -2.76. The highest BCUT2D eigenvalue weighted by molar-refractivity contribution is 5.87. The van der Waals surface area contributed by atoms with Crippen molar-refractivity contribution in [2.75, 3.05) is 6.61 Å². The summed E-state index contributed by atoms with van der Waals surface area (Å²) in [6, 6.07) is 23.8. The Labute approximate surface area is 181 Å². The zero-order valence-corrected chi connectivity index (χ0v) is 17.8. The minimum absolute atomic E-state index is 0.288. The molecule has 4 aliphatic rings. The molecular formula is C27H26O4. The number of rotatable bonds is 0. The van der Waals surface area contributed by atoms with E-state index in [2.05, 4.69) is 24.3 Å². The second kappa shape index (κ2) is 7.43. The van der Waals surface area contributed by atoms with Crippen molar-refractivity contribution in [3.8, 4) is 0 Å². The van der Waals surface area contributed by atoms with Crippen LogP contribution in [0.5, 0.6) is 0 Å². The van der Waals surface area contributed by atoms with Crippen LogP contribution in [0.4, 0.5) is 0 Å². The van der Waals surface area contributed by atoms with E-state index in [1.54, 1.807) is 13.8 Å². The SMILES string of the molecule is CC1(O)OCCc2ccc3c(cccc3c2)COC(C)(O)c2cccc3cc1ccc23. The van der Waals surface area contributed by atoms with Crippen molar-refractivity contribution in [3.63, 3.8) is 0 Å². The highest BCUT2D eigenvalue weighted by Crippen LogP contribution is 2.34. The molecule has 8 rings (SSSR count). The monoisotopic (exact) mass is 414 g/mol. The summed E-state index contributed by atoms with van der Waals surface area (Å²) in [6.07, 6.45) is 0.694. The maximum absolute atomic E-state index is 11.3. The van der Waals surface area contributed by atoms with E-state index >= 15 is 0 Å². The molecule has 4 aromatic carbocycles. The van der Waals surface area contributed by atoms with Gasteiger partial charge in [-0.3, -0.25) is 0 Å². The molecule has 4 nitrogen and oxygen atoms in total. The maximum Gasteiger partial charge on any atom is 0.190 e. The van der Waals surface area contributed by atoms with E-state index in [0.29, 0.717) is 24.2 Å². The molecule has 0 fully saturated rings. The summed E-state index contributed by atoms with van der Waals surface area (Å²) in [5.74, 6) is -2.89. The highest BCUT2D eigenvalue weighted by atomic mass is 16.6. The topological polar surface area (TPSA) is 58.9 Å². The van der Waals surface area contributed by atoms with Crippen LogP contribution < -0.4 is 0 Å². The Balaban J connectivity index is 1.66. The number of aliphatic hydroxyl groups is 2. The lowest BCUT2D eigenvalue weighted by molar-refractivity contribution is -0.205. The molecule has 4 heteroatoms. The van der Waals surface area contributed by atoms with E-state index in [4.69, 9.17) is 9.47 Å². The lowest BCUT2D eigenvalue weighted by atomic mass is 9.95. The molecule has 0 aliphatic carbocycles. The first kappa shape index (κ1) is 20.2. The summed E-state index contributed by atoms with van der Waals surface area (Å²) in [4.78, 5) is 0. The zero-order valence-electron chi connectivity index (χ0n) is 17.8. The molecule has 0 radical (unpaired) electrons. The van der Waals surface area contributed by atoms with E-state index in [1.807, 2.05) is 48.5 Å². The van der Waals surface area contributed by atoms with Crippen molar-refractivity contribution in [2.24, 2.45) is 0 Å². The van der Waals surface area contributed by atoms with Crippen LogP contribution in [-0.4, -0.2) is 16.8 Å². The van der Waals surface area contributed by atoms with Gasteiger partial charge in [0.05, 0.1) is 13.2 Å². The fraction of sp³-hybridized carbons (Fsp3) is 0.259. The highest BCUT2D eigenvalue weighted by Gasteiger charge is 2.28. The summed E-state index contributed by atoms with van der Waals surface area (Å²) < 4.78 is 12.0. The molecule has 2 N–H and O–H groups in total. The molecule has 4 aromatic rings. The Morgan fingerprint density at radius 1 is 0.742 bits per heavy atom. The molecule has 4 aliphatic heterocycles. The predicted octanol–water partition coefficient (Wildman–Crippen LogP) is 5.11. The van der Waals surface area contributed by atoms with Crippen LogP contribution in [0.3, 0.4) is 0 Å². The van der Waals surface area contributed by atoms with Gasteiger partial charge in [-0.1, -0.05) is 66.7 Å². The fourth-order valence-electron chi connectivity index (χ4n) is 4.41. The third kappa shape index (κ3) is 3.73. The molecule has 158 valence electrons. The smallest absolute Gasteiger partial charge is 0.190 e. The first-order valence-electron chi connectivity index (χ1n) is 10.6. The van der Waals surface area contributed by atoms with Crippen molar-refractivity contribution in [1.29, 1.82) is 0 Å². The first-order chi connectivity index (χ1) is 14.8. The number of hydrogen-bond donors (Lipinski definition) is 2. The normalized spacial score (nSPS) is 24.4. The molecule has 0 saturated carbocycles. The van der Waals surface area contributed by atoms with Crippen molar-refractivity contribution >= 4 is 21.5 Å². The third-order valence-electron chi connectivity index (χ3n) is 6.23. The van der Waals surface area contributed by atoms with E-state index in [1.165, 1.54) is 0 Å². The largest absolute Gasteiger partial charge is 0.362 e. The molecule has 0 spiro atoms. The van der Waals surface area contributed by atoms with E-state index in [0.717, 1.165) is 32.7 Å². The van der Waals surface area contributed by atoms with Crippen molar-refractivity contribution in [1.82, 2.24) is 0 Å². The average molecular weight is 415 g/mol. The Morgan fingerprint density at radius 2 is 1.48 bits per heavy atom. The molecule has 31 heavy (non-hydrogen) atoms. The summed E-state index contributed by atoms with van der Waals surface area (Å²) >= 11 is 0. The van der Waals surface area contributed by atoms with Crippen LogP contribution in [-0.2, 0) is 34.1 Å².